The highest BCUT2D eigenvalue weighted by molar-refractivity contribution is 5.79. The second-order valence-electron chi connectivity index (χ2n) is 5.19. The lowest BCUT2D eigenvalue weighted by Crippen LogP contribution is -2.46. The van der Waals surface area contributed by atoms with E-state index in [1.54, 1.807) is 0 Å². The van der Waals surface area contributed by atoms with Crippen LogP contribution in [0.1, 0.15) is 32.6 Å². The molecule has 0 bridgehead atoms. The number of hydrogen-bond donors (Lipinski definition) is 3. The van der Waals surface area contributed by atoms with Crippen LogP contribution in [0.2, 0.25) is 0 Å². The minimum Gasteiger partial charge on any atom is -0.481 e. The molecule has 1 rings (SSSR count). The maximum absolute atomic E-state index is 11.8. The van der Waals surface area contributed by atoms with E-state index in [-0.39, 0.29) is 18.4 Å². The third-order valence-electron chi connectivity index (χ3n) is 3.91. The highest BCUT2D eigenvalue weighted by Crippen LogP contribution is 2.30. The number of ether oxygens (including phenoxy) is 1. The quantitative estimate of drug-likeness (QED) is 0.621. The van der Waals surface area contributed by atoms with Crippen LogP contribution in [0.4, 0.5) is 0 Å². The van der Waals surface area contributed by atoms with Crippen molar-refractivity contribution in [2.24, 2.45) is 17.1 Å². The first-order valence-electron chi connectivity index (χ1n) is 6.82. The van der Waals surface area contributed by atoms with E-state index in [1.807, 2.05) is 6.92 Å². The third-order valence-corrected chi connectivity index (χ3v) is 3.91. The van der Waals surface area contributed by atoms with Gasteiger partial charge in [-0.1, -0.05) is 13.3 Å². The molecule has 0 saturated carbocycles. The number of rotatable bonds is 7. The monoisotopic (exact) mass is 272 g/mol. The fourth-order valence-corrected chi connectivity index (χ4v) is 2.22. The Bertz CT molecular complexity index is 310. The molecule has 19 heavy (non-hydrogen) atoms. The van der Waals surface area contributed by atoms with Gasteiger partial charge in [0, 0.05) is 26.2 Å². The summed E-state index contributed by atoms with van der Waals surface area (Å²) in [7, 11) is 0. The van der Waals surface area contributed by atoms with E-state index < -0.39 is 11.4 Å². The van der Waals surface area contributed by atoms with E-state index in [0.29, 0.717) is 39.0 Å². The van der Waals surface area contributed by atoms with Gasteiger partial charge in [-0.25, -0.2) is 0 Å². The van der Waals surface area contributed by atoms with Gasteiger partial charge < -0.3 is 20.9 Å². The van der Waals surface area contributed by atoms with Gasteiger partial charge in [0.15, 0.2) is 0 Å². The SMILES string of the molecule is CCC(CN)CC(=O)NCC1(C(=O)O)CCOCC1. The van der Waals surface area contributed by atoms with Crippen LogP contribution in [0, 0.1) is 11.3 Å². The molecular weight excluding hydrogens is 248 g/mol. The normalized spacial score (nSPS) is 19.7. The van der Waals surface area contributed by atoms with Crippen LogP contribution in [0.25, 0.3) is 0 Å². The fraction of sp³-hybridized carbons (Fsp3) is 0.846. The van der Waals surface area contributed by atoms with Crippen molar-refractivity contribution in [3.63, 3.8) is 0 Å². The molecule has 1 unspecified atom stereocenters. The summed E-state index contributed by atoms with van der Waals surface area (Å²) in [4.78, 5) is 23.2. The van der Waals surface area contributed by atoms with Crippen molar-refractivity contribution < 1.29 is 19.4 Å². The molecule has 6 nitrogen and oxygen atoms in total. The average molecular weight is 272 g/mol. The van der Waals surface area contributed by atoms with E-state index in [4.69, 9.17) is 10.5 Å². The molecule has 1 heterocycles. The van der Waals surface area contributed by atoms with Crippen molar-refractivity contribution in [2.75, 3.05) is 26.3 Å². The number of carboxylic acids is 1. The topological polar surface area (TPSA) is 102 Å². The first kappa shape index (κ1) is 15.9. The molecule has 1 fully saturated rings. The largest absolute Gasteiger partial charge is 0.481 e. The van der Waals surface area contributed by atoms with Crippen LogP contribution in [0.5, 0.6) is 0 Å². The zero-order chi connectivity index (χ0) is 14.3. The van der Waals surface area contributed by atoms with Gasteiger partial charge in [-0.15, -0.1) is 0 Å². The number of nitrogens with one attached hydrogen (secondary N) is 1. The van der Waals surface area contributed by atoms with E-state index >= 15 is 0 Å². The van der Waals surface area contributed by atoms with Crippen molar-refractivity contribution in [3.8, 4) is 0 Å². The average Bonchev–Trinajstić information content (AvgIpc) is 2.43. The van der Waals surface area contributed by atoms with Gasteiger partial charge in [0.25, 0.3) is 0 Å². The molecule has 1 atom stereocenters. The van der Waals surface area contributed by atoms with E-state index in [1.165, 1.54) is 0 Å². The van der Waals surface area contributed by atoms with Gasteiger partial charge in [-0.05, 0) is 25.3 Å². The minimum absolute atomic E-state index is 0.121. The lowest BCUT2D eigenvalue weighted by molar-refractivity contribution is -0.154. The van der Waals surface area contributed by atoms with Crippen LogP contribution >= 0.6 is 0 Å². The maximum atomic E-state index is 11.8. The second-order valence-corrected chi connectivity index (χ2v) is 5.19. The predicted molar refractivity (Wildman–Crippen MR) is 70.6 cm³/mol. The van der Waals surface area contributed by atoms with Gasteiger partial charge in [0.2, 0.25) is 5.91 Å². The zero-order valence-corrected chi connectivity index (χ0v) is 11.5. The Balaban J connectivity index is 2.48. The maximum Gasteiger partial charge on any atom is 0.311 e. The molecule has 0 spiro atoms. The summed E-state index contributed by atoms with van der Waals surface area (Å²) in [6.45, 7) is 3.50. The van der Waals surface area contributed by atoms with E-state index in [2.05, 4.69) is 5.32 Å². The van der Waals surface area contributed by atoms with E-state index in [0.717, 1.165) is 6.42 Å². The van der Waals surface area contributed by atoms with Gasteiger partial charge in [0.05, 0.1) is 5.41 Å². The number of nitrogens with two attached hydrogens (primary N) is 1. The van der Waals surface area contributed by atoms with Crippen molar-refractivity contribution in [3.05, 3.63) is 0 Å². The summed E-state index contributed by atoms with van der Waals surface area (Å²) < 4.78 is 5.19. The molecule has 4 N–H and O–H groups in total. The summed E-state index contributed by atoms with van der Waals surface area (Å²) in [5.41, 5.74) is 4.68. The number of hydrogen-bond acceptors (Lipinski definition) is 4. The number of carbonyl (C=O) groups is 2. The van der Waals surface area contributed by atoms with Crippen molar-refractivity contribution >= 4 is 11.9 Å². The van der Waals surface area contributed by atoms with Gasteiger partial charge in [-0.3, -0.25) is 9.59 Å². The van der Waals surface area contributed by atoms with Gasteiger partial charge in [0.1, 0.15) is 0 Å². The highest BCUT2D eigenvalue weighted by Gasteiger charge is 2.40. The highest BCUT2D eigenvalue weighted by atomic mass is 16.5. The Labute approximate surface area is 113 Å². The smallest absolute Gasteiger partial charge is 0.311 e. The van der Waals surface area contributed by atoms with Crippen molar-refractivity contribution in [1.29, 1.82) is 0 Å². The van der Waals surface area contributed by atoms with Gasteiger partial charge in [-0.2, -0.15) is 0 Å². The number of carboxylic acid groups (broad SMARTS) is 1. The molecule has 0 aliphatic carbocycles. The van der Waals surface area contributed by atoms with Crippen molar-refractivity contribution in [2.45, 2.75) is 32.6 Å². The molecule has 1 amide bonds. The number of carbonyl (C=O) groups excluding carboxylic acids is 1. The summed E-state index contributed by atoms with van der Waals surface area (Å²) in [5.74, 6) is -0.818. The third kappa shape index (κ3) is 4.47. The molecular formula is C13H24N2O4. The standard InChI is InChI=1S/C13H24N2O4/c1-2-10(8-14)7-11(16)15-9-13(12(17)18)3-5-19-6-4-13/h10H,2-9,14H2,1H3,(H,15,16)(H,17,18). The predicted octanol–water partition coefficient (Wildman–Crippen LogP) is 0.359. The second kappa shape index (κ2) is 7.45. The first-order valence-corrected chi connectivity index (χ1v) is 6.82. The fourth-order valence-electron chi connectivity index (χ4n) is 2.22. The lowest BCUT2D eigenvalue weighted by Gasteiger charge is -2.33. The van der Waals surface area contributed by atoms with Crippen LogP contribution < -0.4 is 11.1 Å². The molecule has 0 radical (unpaired) electrons. The molecule has 110 valence electrons. The first-order chi connectivity index (χ1) is 9.04. The molecule has 6 heteroatoms. The number of aliphatic carboxylic acids is 1. The van der Waals surface area contributed by atoms with Crippen LogP contribution in [-0.4, -0.2) is 43.3 Å². The molecule has 1 aliphatic rings. The minimum atomic E-state index is -0.877. The number of amides is 1. The van der Waals surface area contributed by atoms with Crippen molar-refractivity contribution in [1.82, 2.24) is 5.32 Å². The molecule has 0 aromatic heterocycles. The lowest BCUT2D eigenvalue weighted by atomic mass is 9.80. The van der Waals surface area contributed by atoms with Gasteiger partial charge >= 0.3 is 5.97 Å². The molecule has 1 aliphatic heterocycles. The Kier molecular flexibility index (Phi) is 6.24. The molecule has 1 saturated heterocycles. The summed E-state index contributed by atoms with van der Waals surface area (Å²) in [6.07, 6.45) is 2.09. The summed E-state index contributed by atoms with van der Waals surface area (Å²) in [5, 5.41) is 12.1. The van der Waals surface area contributed by atoms with Crippen LogP contribution in [0.15, 0.2) is 0 Å². The zero-order valence-electron chi connectivity index (χ0n) is 11.5. The molecule has 0 aromatic rings. The molecule has 0 aromatic carbocycles. The summed E-state index contributed by atoms with van der Waals surface area (Å²) in [6, 6.07) is 0. The van der Waals surface area contributed by atoms with Crippen LogP contribution in [0.3, 0.4) is 0 Å². The Morgan fingerprint density at radius 1 is 1.42 bits per heavy atom. The Morgan fingerprint density at radius 2 is 2.05 bits per heavy atom. The van der Waals surface area contributed by atoms with Crippen LogP contribution in [-0.2, 0) is 14.3 Å². The Hall–Kier alpha value is -1.14. The Morgan fingerprint density at radius 3 is 2.53 bits per heavy atom. The van der Waals surface area contributed by atoms with E-state index in [9.17, 15) is 14.7 Å². The summed E-state index contributed by atoms with van der Waals surface area (Å²) >= 11 is 0.